The average molecular weight is 349 g/mol. The molecular formula is C17H21N2O4S-. The Morgan fingerprint density at radius 3 is 2.46 bits per heavy atom. The molecule has 3 rings (SSSR count). The Hall–Kier alpha value is -1.86. The molecule has 1 aromatic carbocycles. The maximum Gasteiger partial charge on any atom is 0.243 e. The van der Waals surface area contributed by atoms with Crippen molar-refractivity contribution in [1.29, 1.82) is 0 Å². The number of nitrogens with zero attached hydrogens (tertiary/aromatic N) is 2. The fourth-order valence-corrected chi connectivity index (χ4v) is 4.73. The molecule has 1 saturated heterocycles. The van der Waals surface area contributed by atoms with Gasteiger partial charge in [0, 0.05) is 49.1 Å². The van der Waals surface area contributed by atoms with Gasteiger partial charge in [-0.15, -0.1) is 0 Å². The van der Waals surface area contributed by atoms with Gasteiger partial charge in [-0.3, -0.25) is 0 Å². The van der Waals surface area contributed by atoms with Crippen molar-refractivity contribution in [2.45, 2.75) is 43.5 Å². The molecule has 6 nitrogen and oxygen atoms in total. The third-order valence-electron chi connectivity index (χ3n) is 4.50. The number of sulfonamides is 1. The zero-order valence-electron chi connectivity index (χ0n) is 13.5. The molecule has 0 aliphatic carbocycles. The van der Waals surface area contributed by atoms with Crippen LogP contribution in [0.4, 0.5) is 0 Å². The minimum absolute atomic E-state index is 0.0718. The lowest BCUT2D eigenvalue weighted by molar-refractivity contribution is -0.305. The monoisotopic (exact) mass is 349 g/mol. The van der Waals surface area contributed by atoms with Crippen LogP contribution in [-0.4, -0.2) is 36.3 Å². The van der Waals surface area contributed by atoms with Crippen molar-refractivity contribution in [2.75, 3.05) is 13.1 Å². The number of carboxylic acid groups (broad SMARTS) is 1. The molecule has 0 atom stereocenters. The summed E-state index contributed by atoms with van der Waals surface area (Å²) in [6.45, 7) is 1.46. The van der Waals surface area contributed by atoms with Crippen LogP contribution < -0.4 is 5.11 Å². The summed E-state index contributed by atoms with van der Waals surface area (Å²) < 4.78 is 29.1. The molecule has 0 spiro atoms. The SMILES string of the molecule is O=C([O-])CCn1ccc2cc(S(=O)(=O)N3CCCCCC3)ccc21. The smallest absolute Gasteiger partial charge is 0.243 e. The number of aryl methyl sites for hydroxylation is 1. The Morgan fingerprint density at radius 2 is 1.79 bits per heavy atom. The van der Waals surface area contributed by atoms with Crippen molar-refractivity contribution in [3.63, 3.8) is 0 Å². The maximum atomic E-state index is 12.8. The van der Waals surface area contributed by atoms with E-state index >= 15 is 0 Å². The summed E-state index contributed by atoms with van der Waals surface area (Å²) in [5.74, 6) is -1.10. The molecule has 0 N–H and O–H groups in total. The van der Waals surface area contributed by atoms with Gasteiger partial charge in [0.25, 0.3) is 0 Å². The largest absolute Gasteiger partial charge is 0.550 e. The molecule has 1 fully saturated rings. The molecule has 2 heterocycles. The van der Waals surface area contributed by atoms with Gasteiger partial charge in [0.2, 0.25) is 10.0 Å². The van der Waals surface area contributed by atoms with E-state index in [0.29, 0.717) is 24.5 Å². The highest BCUT2D eigenvalue weighted by Gasteiger charge is 2.25. The van der Waals surface area contributed by atoms with Crippen LogP contribution in [0.5, 0.6) is 0 Å². The Morgan fingerprint density at radius 1 is 1.08 bits per heavy atom. The Kier molecular flexibility index (Phi) is 4.91. The first-order valence-electron chi connectivity index (χ1n) is 8.27. The van der Waals surface area contributed by atoms with E-state index in [4.69, 9.17) is 0 Å². The molecule has 0 saturated carbocycles. The van der Waals surface area contributed by atoms with Crippen LogP contribution in [0.25, 0.3) is 10.9 Å². The van der Waals surface area contributed by atoms with Crippen molar-refractivity contribution >= 4 is 26.9 Å². The van der Waals surface area contributed by atoms with Crippen LogP contribution in [0.1, 0.15) is 32.1 Å². The van der Waals surface area contributed by atoms with E-state index in [9.17, 15) is 18.3 Å². The van der Waals surface area contributed by atoms with Gasteiger partial charge in [-0.05, 0) is 37.1 Å². The minimum atomic E-state index is -3.47. The first-order valence-corrected chi connectivity index (χ1v) is 9.71. The summed E-state index contributed by atoms with van der Waals surface area (Å²) in [5, 5.41) is 11.4. The molecule has 1 aliphatic heterocycles. The van der Waals surface area contributed by atoms with Gasteiger partial charge in [0.15, 0.2) is 0 Å². The quantitative estimate of drug-likeness (QED) is 0.816. The number of benzene rings is 1. The van der Waals surface area contributed by atoms with Crippen molar-refractivity contribution in [3.05, 3.63) is 30.5 Å². The van der Waals surface area contributed by atoms with E-state index in [1.165, 1.54) is 0 Å². The summed E-state index contributed by atoms with van der Waals surface area (Å²) in [6.07, 6.45) is 5.66. The predicted molar refractivity (Wildman–Crippen MR) is 88.8 cm³/mol. The topological polar surface area (TPSA) is 82.4 Å². The summed E-state index contributed by atoms with van der Waals surface area (Å²) in [6, 6.07) is 6.84. The second-order valence-electron chi connectivity index (χ2n) is 6.17. The second-order valence-corrected chi connectivity index (χ2v) is 8.11. The molecule has 7 heteroatoms. The highest BCUT2D eigenvalue weighted by molar-refractivity contribution is 7.89. The number of carbonyl (C=O) groups excluding carboxylic acids is 1. The normalized spacial score (nSPS) is 17.0. The van der Waals surface area contributed by atoms with Gasteiger partial charge in [-0.1, -0.05) is 12.8 Å². The first kappa shape index (κ1) is 17.0. The van der Waals surface area contributed by atoms with Gasteiger partial charge >= 0.3 is 0 Å². The van der Waals surface area contributed by atoms with Gasteiger partial charge in [0.1, 0.15) is 0 Å². The Bertz CT molecular complexity index is 833. The highest BCUT2D eigenvalue weighted by Crippen LogP contribution is 2.25. The molecule has 24 heavy (non-hydrogen) atoms. The number of carbonyl (C=O) groups is 1. The van der Waals surface area contributed by atoms with Crippen LogP contribution >= 0.6 is 0 Å². The summed E-state index contributed by atoms with van der Waals surface area (Å²) in [5.41, 5.74) is 0.825. The molecular weight excluding hydrogens is 328 g/mol. The number of carboxylic acids is 1. The van der Waals surface area contributed by atoms with E-state index < -0.39 is 16.0 Å². The number of rotatable bonds is 5. The molecule has 0 bridgehead atoms. The van der Waals surface area contributed by atoms with E-state index in [2.05, 4.69) is 0 Å². The van der Waals surface area contributed by atoms with Crippen LogP contribution in [0.3, 0.4) is 0 Å². The summed E-state index contributed by atoms with van der Waals surface area (Å²) >= 11 is 0. The van der Waals surface area contributed by atoms with E-state index in [1.807, 2.05) is 6.07 Å². The first-order chi connectivity index (χ1) is 11.5. The maximum absolute atomic E-state index is 12.8. The fraction of sp³-hybridized carbons (Fsp3) is 0.471. The van der Waals surface area contributed by atoms with Crippen LogP contribution in [0.2, 0.25) is 0 Å². The van der Waals surface area contributed by atoms with Crippen molar-refractivity contribution in [1.82, 2.24) is 8.87 Å². The molecule has 2 aromatic rings. The van der Waals surface area contributed by atoms with E-state index in [0.717, 1.165) is 36.6 Å². The molecule has 0 radical (unpaired) electrons. The van der Waals surface area contributed by atoms with Gasteiger partial charge in [-0.2, -0.15) is 4.31 Å². The molecule has 1 aliphatic rings. The van der Waals surface area contributed by atoms with Gasteiger partial charge < -0.3 is 14.5 Å². The number of hydrogen-bond acceptors (Lipinski definition) is 4. The van der Waals surface area contributed by atoms with Crippen LogP contribution in [0.15, 0.2) is 35.4 Å². The number of aliphatic carboxylic acids is 1. The Labute approximate surface area is 141 Å². The third kappa shape index (κ3) is 3.47. The van der Waals surface area contributed by atoms with Crippen LogP contribution in [-0.2, 0) is 21.4 Å². The highest BCUT2D eigenvalue weighted by atomic mass is 32.2. The Balaban J connectivity index is 1.88. The van der Waals surface area contributed by atoms with Crippen LogP contribution in [0, 0.1) is 0 Å². The number of aromatic nitrogens is 1. The van der Waals surface area contributed by atoms with Crippen molar-refractivity contribution in [2.24, 2.45) is 0 Å². The minimum Gasteiger partial charge on any atom is -0.550 e. The fourth-order valence-electron chi connectivity index (χ4n) is 3.18. The standard InChI is InChI=1S/C17H22N2O4S/c20-17(21)8-12-18-11-7-14-13-15(5-6-16(14)18)24(22,23)19-9-3-1-2-4-10-19/h5-7,11,13H,1-4,8-10,12H2,(H,20,21)/p-1. The zero-order valence-corrected chi connectivity index (χ0v) is 14.3. The molecule has 0 amide bonds. The third-order valence-corrected chi connectivity index (χ3v) is 6.40. The molecule has 0 unspecified atom stereocenters. The van der Waals surface area contributed by atoms with E-state index in [1.54, 1.807) is 33.3 Å². The zero-order chi connectivity index (χ0) is 17.2. The van der Waals surface area contributed by atoms with Gasteiger partial charge in [0.05, 0.1) is 4.90 Å². The lowest BCUT2D eigenvalue weighted by atomic mass is 10.2. The lowest BCUT2D eigenvalue weighted by Gasteiger charge is -2.20. The number of hydrogen-bond donors (Lipinski definition) is 0. The number of fused-ring (bicyclic) bond motifs is 1. The lowest BCUT2D eigenvalue weighted by Crippen LogP contribution is -2.31. The van der Waals surface area contributed by atoms with E-state index in [-0.39, 0.29) is 6.42 Å². The predicted octanol–water partition coefficient (Wildman–Crippen LogP) is 1.35. The summed E-state index contributed by atoms with van der Waals surface area (Å²) in [4.78, 5) is 10.9. The van der Waals surface area contributed by atoms with Crippen molar-refractivity contribution < 1.29 is 18.3 Å². The average Bonchev–Trinajstić information content (AvgIpc) is 2.76. The summed E-state index contributed by atoms with van der Waals surface area (Å²) in [7, 11) is -3.47. The second kappa shape index (κ2) is 6.94. The molecule has 1 aromatic heterocycles. The molecule has 130 valence electrons. The van der Waals surface area contributed by atoms with Crippen molar-refractivity contribution in [3.8, 4) is 0 Å². The van der Waals surface area contributed by atoms with Gasteiger partial charge in [-0.25, -0.2) is 8.42 Å².